The first-order valence-corrected chi connectivity index (χ1v) is 6.13. The standard InChI is InChI=1S/C16H11NO3/c18-14(12-6-2-1-3-7-12)10-11-17-13-8-4-5-9-15(13)20-16(17)19/h1-11H. The molecule has 0 unspecified atom stereocenters. The van der Waals surface area contributed by atoms with Gasteiger partial charge in [-0.3, -0.25) is 4.79 Å². The highest BCUT2D eigenvalue weighted by molar-refractivity contribution is 6.06. The Balaban J connectivity index is 1.97. The monoisotopic (exact) mass is 265 g/mol. The molecule has 0 N–H and O–H groups in total. The second kappa shape index (κ2) is 5.01. The van der Waals surface area contributed by atoms with E-state index in [4.69, 9.17) is 4.42 Å². The zero-order valence-electron chi connectivity index (χ0n) is 10.5. The van der Waals surface area contributed by atoms with E-state index >= 15 is 0 Å². The summed E-state index contributed by atoms with van der Waals surface area (Å²) in [4.78, 5) is 23.7. The van der Waals surface area contributed by atoms with E-state index in [1.807, 2.05) is 6.07 Å². The molecule has 4 heteroatoms. The molecule has 0 atom stereocenters. The number of hydrogen-bond donors (Lipinski definition) is 0. The van der Waals surface area contributed by atoms with Crippen LogP contribution in [0.1, 0.15) is 10.4 Å². The van der Waals surface area contributed by atoms with Gasteiger partial charge in [0.05, 0.1) is 5.52 Å². The largest absolute Gasteiger partial charge is 0.424 e. The Morgan fingerprint density at radius 1 is 1.00 bits per heavy atom. The Labute approximate surface area is 114 Å². The number of nitrogens with zero attached hydrogens (tertiary/aromatic N) is 1. The highest BCUT2D eigenvalue weighted by Gasteiger charge is 2.06. The van der Waals surface area contributed by atoms with Crippen LogP contribution in [-0.4, -0.2) is 10.4 Å². The lowest BCUT2D eigenvalue weighted by Gasteiger charge is -1.95. The molecule has 0 saturated carbocycles. The first kappa shape index (κ1) is 12.2. The van der Waals surface area contributed by atoms with E-state index in [-0.39, 0.29) is 5.78 Å². The first-order chi connectivity index (χ1) is 9.75. The zero-order chi connectivity index (χ0) is 13.9. The summed E-state index contributed by atoms with van der Waals surface area (Å²) >= 11 is 0. The van der Waals surface area contributed by atoms with Gasteiger partial charge in [-0.1, -0.05) is 42.5 Å². The van der Waals surface area contributed by atoms with Crippen LogP contribution in [0.2, 0.25) is 0 Å². The van der Waals surface area contributed by atoms with E-state index in [9.17, 15) is 9.59 Å². The third-order valence-corrected chi connectivity index (χ3v) is 2.95. The third kappa shape index (κ3) is 2.19. The van der Waals surface area contributed by atoms with Crippen LogP contribution in [0.3, 0.4) is 0 Å². The molecule has 0 fully saturated rings. The van der Waals surface area contributed by atoms with E-state index in [1.165, 1.54) is 16.8 Å². The molecule has 0 bridgehead atoms. The minimum atomic E-state index is -0.511. The van der Waals surface area contributed by atoms with Gasteiger partial charge in [0.25, 0.3) is 0 Å². The Kier molecular flexibility index (Phi) is 3.05. The summed E-state index contributed by atoms with van der Waals surface area (Å²) in [5.74, 6) is -0.675. The molecule has 0 aliphatic heterocycles. The number of carbonyl (C=O) groups is 1. The molecule has 3 aromatic rings. The normalized spacial score (nSPS) is 11.2. The average molecular weight is 265 g/mol. The summed E-state index contributed by atoms with van der Waals surface area (Å²) in [6.45, 7) is 0. The van der Waals surface area contributed by atoms with Crippen molar-refractivity contribution in [1.29, 1.82) is 0 Å². The Morgan fingerprint density at radius 3 is 2.50 bits per heavy atom. The molecular weight excluding hydrogens is 254 g/mol. The van der Waals surface area contributed by atoms with Gasteiger partial charge in [-0.2, -0.15) is 0 Å². The van der Waals surface area contributed by atoms with Crippen molar-refractivity contribution in [3.05, 3.63) is 76.8 Å². The van der Waals surface area contributed by atoms with Crippen molar-refractivity contribution < 1.29 is 9.21 Å². The number of benzene rings is 2. The minimum absolute atomic E-state index is 0.164. The van der Waals surface area contributed by atoms with Crippen LogP contribution in [0, 0.1) is 0 Å². The Bertz CT molecular complexity index is 841. The van der Waals surface area contributed by atoms with Gasteiger partial charge in [0.1, 0.15) is 0 Å². The summed E-state index contributed by atoms with van der Waals surface area (Å²) in [5, 5.41) is 0. The Morgan fingerprint density at radius 2 is 1.70 bits per heavy atom. The second-order valence-electron chi connectivity index (χ2n) is 4.25. The molecule has 1 heterocycles. The summed E-state index contributed by atoms with van der Waals surface area (Å²) in [7, 11) is 0. The Hall–Kier alpha value is -2.88. The maximum atomic E-state index is 12.0. The molecule has 0 spiro atoms. The third-order valence-electron chi connectivity index (χ3n) is 2.95. The number of para-hydroxylation sites is 2. The van der Waals surface area contributed by atoms with Crippen molar-refractivity contribution >= 4 is 23.1 Å². The molecule has 0 radical (unpaired) electrons. The lowest BCUT2D eigenvalue weighted by atomic mass is 10.1. The number of ketones is 1. The fourth-order valence-corrected chi connectivity index (χ4v) is 1.97. The molecule has 2 aromatic carbocycles. The molecule has 0 saturated heterocycles. The SMILES string of the molecule is O=C(C=Cn1c(=O)oc2ccccc21)c1ccccc1. The van der Waals surface area contributed by atoms with Crippen LogP contribution < -0.4 is 5.76 Å². The van der Waals surface area contributed by atoms with Gasteiger partial charge < -0.3 is 4.42 Å². The molecule has 3 rings (SSSR count). The number of carbonyl (C=O) groups excluding carboxylic acids is 1. The number of aromatic nitrogens is 1. The molecular formula is C16H11NO3. The van der Waals surface area contributed by atoms with Gasteiger partial charge in [-0.05, 0) is 12.1 Å². The molecule has 0 aliphatic rings. The van der Waals surface area contributed by atoms with E-state index in [0.29, 0.717) is 16.7 Å². The smallest absolute Gasteiger partial charge is 0.407 e. The summed E-state index contributed by atoms with van der Waals surface area (Å²) in [5.41, 5.74) is 1.70. The van der Waals surface area contributed by atoms with Crippen molar-refractivity contribution in [3.63, 3.8) is 0 Å². The zero-order valence-corrected chi connectivity index (χ0v) is 10.5. The highest BCUT2D eigenvalue weighted by atomic mass is 16.4. The van der Waals surface area contributed by atoms with E-state index < -0.39 is 5.76 Å². The van der Waals surface area contributed by atoms with E-state index in [2.05, 4.69) is 0 Å². The molecule has 0 aliphatic carbocycles. The highest BCUT2D eigenvalue weighted by Crippen LogP contribution is 2.12. The number of oxazole rings is 1. The fraction of sp³-hybridized carbons (Fsp3) is 0. The quantitative estimate of drug-likeness (QED) is 0.540. The maximum Gasteiger partial charge on any atom is 0.424 e. The maximum absolute atomic E-state index is 12.0. The van der Waals surface area contributed by atoms with E-state index in [1.54, 1.807) is 48.5 Å². The second-order valence-corrected chi connectivity index (χ2v) is 4.25. The van der Waals surface area contributed by atoms with Crippen LogP contribution in [0.4, 0.5) is 0 Å². The van der Waals surface area contributed by atoms with Crippen LogP contribution in [0.5, 0.6) is 0 Å². The van der Waals surface area contributed by atoms with Crippen molar-refractivity contribution in [3.8, 4) is 0 Å². The van der Waals surface area contributed by atoms with Gasteiger partial charge in [0, 0.05) is 17.8 Å². The lowest BCUT2D eigenvalue weighted by Crippen LogP contribution is -2.08. The van der Waals surface area contributed by atoms with Crippen LogP contribution in [-0.2, 0) is 0 Å². The van der Waals surface area contributed by atoms with Gasteiger partial charge in [-0.15, -0.1) is 0 Å². The predicted molar refractivity (Wildman–Crippen MR) is 76.6 cm³/mol. The van der Waals surface area contributed by atoms with Gasteiger partial charge in [0.15, 0.2) is 11.4 Å². The van der Waals surface area contributed by atoms with Crippen molar-refractivity contribution in [2.75, 3.05) is 0 Å². The number of rotatable bonds is 3. The molecule has 1 aromatic heterocycles. The predicted octanol–water partition coefficient (Wildman–Crippen LogP) is 2.95. The number of fused-ring (bicyclic) bond motifs is 1. The van der Waals surface area contributed by atoms with Gasteiger partial charge in [-0.25, -0.2) is 9.36 Å². The van der Waals surface area contributed by atoms with Crippen LogP contribution in [0.15, 0.2) is 69.9 Å². The lowest BCUT2D eigenvalue weighted by molar-refractivity contribution is 0.104. The molecule has 98 valence electrons. The van der Waals surface area contributed by atoms with E-state index in [0.717, 1.165) is 0 Å². The van der Waals surface area contributed by atoms with Crippen LogP contribution in [0.25, 0.3) is 17.3 Å². The summed E-state index contributed by atoms with van der Waals surface area (Å²) < 4.78 is 6.40. The fourth-order valence-electron chi connectivity index (χ4n) is 1.97. The van der Waals surface area contributed by atoms with Crippen molar-refractivity contribution in [1.82, 2.24) is 4.57 Å². The average Bonchev–Trinajstić information content (AvgIpc) is 2.81. The minimum Gasteiger partial charge on any atom is -0.407 e. The van der Waals surface area contributed by atoms with Crippen molar-refractivity contribution in [2.24, 2.45) is 0 Å². The van der Waals surface area contributed by atoms with Crippen molar-refractivity contribution in [2.45, 2.75) is 0 Å². The summed E-state index contributed by atoms with van der Waals surface area (Å²) in [6, 6.07) is 15.9. The van der Waals surface area contributed by atoms with Gasteiger partial charge >= 0.3 is 5.76 Å². The number of allylic oxidation sites excluding steroid dienone is 1. The van der Waals surface area contributed by atoms with Gasteiger partial charge in [0.2, 0.25) is 0 Å². The number of hydrogen-bond acceptors (Lipinski definition) is 3. The first-order valence-electron chi connectivity index (χ1n) is 6.13. The molecule has 4 nitrogen and oxygen atoms in total. The van der Waals surface area contributed by atoms with Crippen LogP contribution >= 0.6 is 0 Å². The molecule has 20 heavy (non-hydrogen) atoms. The summed E-state index contributed by atoms with van der Waals surface area (Å²) in [6.07, 6.45) is 2.79. The molecule has 0 amide bonds. The topological polar surface area (TPSA) is 52.2 Å².